The first kappa shape index (κ1) is 65.1. The summed E-state index contributed by atoms with van der Waals surface area (Å²) in [6, 6.07) is 0. The molecule has 0 fully saturated rings. The first-order valence-electron chi connectivity index (χ1n) is 30.2. The van der Waals surface area contributed by atoms with E-state index in [0.717, 1.165) is 57.8 Å². The lowest BCUT2D eigenvalue weighted by molar-refractivity contribution is -0.167. The third kappa shape index (κ3) is 55.0. The molecule has 0 heterocycles. The fourth-order valence-electron chi connectivity index (χ4n) is 9.21. The van der Waals surface area contributed by atoms with Gasteiger partial charge in [0.25, 0.3) is 0 Å². The number of carbonyl (C=O) groups is 3. The highest BCUT2D eigenvalue weighted by molar-refractivity contribution is 5.71. The van der Waals surface area contributed by atoms with Gasteiger partial charge in [0.05, 0.1) is 0 Å². The lowest BCUT2D eigenvalue weighted by atomic mass is 10.0. The molecule has 396 valence electrons. The summed E-state index contributed by atoms with van der Waals surface area (Å²) in [6.45, 7) is 6.70. The minimum Gasteiger partial charge on any atom is -0.462 e. The summed E-state index contributed by atoms with van der Waals surface area (Å²) in [4.78, 5) is 38.2. The molecule has 0 amide bonds. The molecule has 0 aromatic rings. The number of ether oxygens (including phenoxy) is 3. The highest BCUT2D eigenvalue weighted by Crippen LogP contribution is 2.17. The average molecular weight is 946 g/mol. The largest absolute Gasteiger partial charge is 0.462 e. The second kappa shape index (κ2) is 56.7. The van der Waals surface area contributed by atoms with Crippen molar-refractivity contribution in [2.75, 3.05) is 13.2 Å². The molecule has 0 aliphatic rings. The second-order valence-electron chi connectivity index (χ2n) is 20.6. The van der Waals surface area contributed by atoms with E-state index in [-0.39, 0.29) is 31.1 Å². The van der Waals surface area contributed by atoms with Crippen LogP contribution in [0.3, 0.4) is 0 Å². The minimum atomic E-state index is -0.765. The fraction of sp³-hybridized carbons (Fsp3) is 0.918. The van der Waals surface area contributed by atoms with Crippen molar-refractivity contribution >= 4 is 17.9 Å². The molecule has 6 nitrogen and oxygen atoms in total. The summed E-state index contributed by atoms with van der Waals surface area (Å²) in [5.41, 5.74) is 0. The first-order valence-corrected chi connectivity index (χ1v) is 30.2. The highest BCUT2D eigenvalue weighted by Gasteiger charge is 2.19. The molecule has 0 aliphatic heterocycles. The Morgan fingerprint density at radius 3 is 0.746 bits per heavy atom. The van der Waals surface area contributed by atoms with E-state index in [1.54, 1.807) is 0 Å². The minimum absolute atomic E-state index is 0.0641. The monoisotopic (exact) mass is 945 g/mol. The van der Waals surface area contributed by atoms with Crippen LogP contribution in [0, 0.1) is 0 Å². The summed E-state index contributed by atoms with van der Waals surface area (Å²) in [7, 11) is 0. The molecule has 1 atom stereocenters. The van der Waals surface area contributed by atoms with Crippen LogP contribution in [0.15, 0.2) is 12.2 Å². The zero-order chi connectivity index (χ0) is 48.6. The molecule has 0 rings (SSSR count). The van der Waals surface area contributed by atoms with Crippen molar-refractivity contribution in [2.24, 2.45) is 0 Å². The van der Waals surface area contributed by atoms with Crippen LogP contribution in [-0.4, -0.2) is 37.2 Å². The molecule has 0 saturated carbocycles. The van der Waals surface area contributed by atoms with Crippen LogP contribution >= 0.6 is 0 Å². The Balaban J connectivity index is 4.27. The van der Waals surface area contributed by atoms with E-state index in [1.165, 1.54) is 244 Å². The molecule has 0 aromatic carbocycles. The quantitative estimate of drug-likeness (QED) is 0.0262. The summed E-state index contributed by atoms with van der Waals surface area (Å²) < 4.78 is 16.9. The molecule has 0 N–H and O–H groups in total. The van der Waals surface area contributed by atoms with Gasteiger partial charge >= 0.3 is 17.9 Å². The summed E-state index contributed by atoms with van der Waals surface area (Å²) >= 11 is 0. The van der Waals surface area contributed by atoms with E-state index in [2.05, 4.69) is 32.9 Å². The maximum absolute atomic E-state index is 12.8. The third-order valence-electron chi connectivity index (χ3n) is 13.8. The Labute approximate surface area is 418 Å². The lowest BCUT2D eigenvalue weighted by Crippen LogP contribution is -2.30. The Morgan fingerprint density at radius 1 is 0.284 bits per heavy atom. The van der Waals surface area contributed by atoms with Crippen molar-refractivity contribution in [1.82, 2.24) is 0 Å². The Hall–Kier alpha value is -1.85. The summed E-state index contributed by atoms with van der Waals surface area (Å²) in [5, 5.41) is 0. The van der Waals surface area contributed by atoms with Gasteiger partial charge in [-0.2, -0.15) is 0 Å². The van der Waals surface area contributed by atoms with Crippen molar-refractivity contribution in [1.29, 1.82) is 0 Å². The van der Waals surface area contributed by atoms with Crippen molar-refractivity contribution in [3.63, 3.8) is 0 Å². The molecule has 0 bridgehead atoms. The first-order chi connectivity index (χ1) is 33.0. The highest BCUT2D eigenvalue weighted by atomic mass is 16.6. The van der Waals surface area contributed by atoms with Gasteiger partial charge in [-0.15, -0.1) is 0 Å². The normalized spacial score (nSPS) is 12.0. The van der Waals surface area contributed by atoms with Crippen molar-refractivity contribution in [3.05, 3.63) is 12.2 Å². The van der Waals surface area contributed by atoms with Gasteiger partial charge in [-0.05, 0) is 44.9 Å². The SMILES string of the molecule is CCCCCCCC/C=C\CCCCCCCCCCCC(=O)OC[C@H](COC(=O)CCCCCCCCCCCCCCCCCCC)OC(=O)CCCCCCCCCCCCCCC. The van der Waals surface area contributed by atoms with Crippen LogP contribution < -0.4 is 0 Å². The second-order valence-corrected chi connectivity index (χ2v) is 20.6. The number of rotatable bonds is 56. The molecular weight excluding hydrogens is 829 g/mol. The topological polar surface area (TPSA) is 78.9 Å². The van der Waals surface area contributed by atoms with Gasteiger partial charge in [-0.25, -0.2) is 0 Å². The number of allylic oxidation sites excluding steroid dienone is 2. The van der Waals surface area contributed by atoms with E-state index >= 15 is 0 Å². The predicted molar refractivity (Wildman–Crippen MR) is 289 cm³/mol. The average Bonchev–Trinajstić information content (AvgIpc) is 3.33. The van der Waals surface area contributed by atoms with E-state index in [9.17, 15) is 14.4 Å². The Bertz CT molecular complexity index is 1040. The Kier molecular flexibility index (Phi) is 55.2. The van der Waals surface area contributed by atoms with Crippen LogP contribution in [0.4, 0.5) is 0 Å². The van der Waals surface area contributed by atoms with E-state index in [4.69, 9.17) is 14.2 Å². The van der Waals surface area contributed by atoms with Crippen LogP contribution in [0.5, 0.6) is 0 Å². The lowest BCUT2D eigenvalue weighted by Gasteiger charge is -2.18. The van der Waals surface area contributed by atoms with Crippen molar-refractivity contribution < 1.29 is 28.6 Å². The third-order valence-corrected chi connectivity index (χ3v) is 13.8. The van der Waals surface area contributed by atoms with Crippen molar-refractivity contribution in [2.45, 2.75) is 348 Å². The summed E-state index contributed by atoms with van der Waals surface area (Å²) in [5.74, 6) is -0.839. The van der Waals surface area contributed by atoms with Crippen LogP contribution in [0.1, 0.15) is 342 Å². The van der Waals surface area contributed by atoms with Gasteiger partial charge in [-0.1, -0.05) is 290 Å². The number of hydrogen-bond acceptors (Lipinski definition) is 6. The predicted octanol–water partition coefficient (Wildman–Crippen LogP) is 20.1. The van der Waals surface area contributed by atoms with Gasteiger partial charge in [0.2, 0.25) is 0 Å². The van der Waals surface area contributed by atoms with Gasteiger partial charge in [0, 0.05) is 19.3 Å². The number of hydrogen-bond donors (Lipinski definition) is 0. The summed E-state index contributed by atoms with van der Waals surface area (Å²) in [6.07, 6.45) is 64.9. The molecule has 67 heavy (non-hydrogen) atoms. The van der Waals surface area contributed by atoms with Gasteiger partial charge < -0.3 is 14.2 Å². The van der Waals surface area contributed by atoms with Crippen LogP contribution in [0.2, 0.25) is 0 Å². The molecule has 0 aromatic heterocycles. The maximum atomic E-state index is 12.8. The van der Waals surface area contributed by atoms with E-state index in [1.807, 2.05) is 0 Å². The molecule has 0 spiro atoms. The standard InChI is InChI=1S/C61H116O6/c1-4-7-10-13-16-19-22-25-27-29-30-32-34-37-39-42-45-48-51-54-60(63)66-57-58(67-61(64)55-52-49-46-43-40-35-24-21-18-15-12-9-6-3)56-65-59(62)53-50-47-44-41-38-36-33-31-28-26-23-20-17-14-11-8-5-2/h25,27,58H,4-24,26,28-57H2,1-3H3/b27-25-/t58-/m0/s1. The molecule has 0 radical (unpaired) electrons. The number of carbonyl (C=O) groups excluding carboxylic acids is 3. The van der Waals surface area contributed by atoms with Gasteiger partial charge in [0.1, 0.15) is 13.2 Å². The smallest absolute Gasteiger partial charge is 0.306 e. The van der Waals surface area contributed by atoms with Crippen LogP contribution in [0.25, 0.3) is 0 Å². The van der Waals surface area contributed by atoms with Gasteiger partial charge in [-0.3, -0.25) is 14.4 Å². The van der Waals surface area contributed by atoms with Crippen LogP contribution in [-0.2, 0) is 28.6 Å². The van der Waals surface area contributed by atoms with Crippen molar-refractivity contribution in [3.8, 4) is 0 Å². The molecule has 0 aliphatic carbocycles. The number of unbranched alkanes of at least 4 members (excludes halogenated alkanes) is 43. The maximum Gasteiger partial charge on any atom is 0.306 e. The zero-order valence-corrected chi connectivity index (χ0v) is 45.5. The molecule has 0 saturated heterocycles. The fourth-order valence-corrected chi connectivity index (χ4v) is 9.21. The van der Waals surface area contributed by atoms with Gasteiger partial charge in [0.15, 0.2) is 6.10 Å². The molecule has 6 heteroatoms. The zero-order valence-electron chi connectivity index (χ0n) is 45.5. The van der Waals surface area contributed by atoms with E-state index in [0.29, 0.717) is 19.3 Å². The Morgan fingerprint density at radius 2 is 0.493 bits per heavy atom. The molecular formula is C61H116O6. The van der Waals surface area contributed by atoms with E-state index < -0.39 is 6.10 Å². The molecule has 0 unspecified atom stereocenters. The number of esters is 3.